The lowest BCUT2D eigenvalue weighted by Gasteiger charge is -2.20. The van der Waals surface area contributed by atoms with Gasteiger partial charge in [0.25, 0.3) is 0 Å². The summed E-state index contributed by atoms with van der Waals surface area (Å²) in [5.74, 6) is 0.498. The van der Waals surface area contributed by atoms with Crippen molar-refractivity contribution in [3.8, 4) is 0 Å². The molecule has 0 unspecified atom stereocenters. The highest BCUT2D eigenvalue weighted by molar-refractivity contribution is 5.93. The number of alkyl halides is 3. The number of amides is 2. The molecule has 27 heavy (non-hydrogen) atoms. The summed E-state index contributed by atoms with van der Waals surface area (Å²) in [5.41, 5.74) is 0.291. The van der Waals surface area contributed by atoms with Gasteiger partial charge in [0, 0.05) is 20.3 Å². The largest absolute Gasteiger partial charge is 0.416 e. The maximum absolute atomic E-state index is 13.0. The zero-order chi connectivity index (χ0) is 19.6. The Balaban J connectivity index is 1.75. The van der Waals surface area contributed by atoms with Crippen LogP contribution in [0.25, 0.3) is 5.65 Å². The Bertz CT molecular complexity index is 967. The predicted octanol–water partition coefficient (Wildman–Crippen LogP) is 3.14. The molecule has 2 aromatic heterocycles. The third-order valence-corrected chi connectivity index (χ3v) is 3.85. The van der Waals surface area contributed by atoms with Crippen LogP contribution in [-0.2, 0) is 12.7 Å². The number of pyridine rings is 1. The number of rotatable bonds is 4. The molecular formula is C17H17F3N6O. The molecule has 0 atom stereocenters. The van der Waals surface area contributed by atoms with Crippen molar-refractivity contribution in [1.29, 1.82) is 0 Å². The van der Waals surface area contributed by atoms with Gasteiger partial charge in [0.15, 0.2) is 11.5 Å². The van der Waals surface area contributed by atoms with E-state index < -0.39 is 17.8 Å². The monoisotopic (exact) mass is 378 g/mol. The first kappa shape index (κ1) is 18.5. The highest BCUT2D eigenvalue weighted by atomic mass is 19.4. The maximum Gasteiger partial charge on any atom is 0.416 e. The van der Waals surface area contributed by atoms with Gasteiger partial charge in [-0.3, -0.25) is 4.40 Å². The zero-order valence-electron chi connectivity index (χ0n) is 14.6. The molecule has 3 rings (SSSR count). The summed E-state index contributed by atoms with van der Waals surface area (Å²) in [5, 5.41) is 13.0. The number of nitrogens with one attached hydrogen (secondary N) is 2. The quantitative estimate of drug-likeness (QED) is 0.732. The first-order valence-electron chi connectivity index (χ1n) is 7.98. The van der Waals surface area contributed by atoms with Crippen molar-refractivity contribution in [2.75, 3.05) is 24.3 Å². The van der Waals surface area contributed by atoms with Crippen molar-refractivity contribution >= 4 is 23.1 Å². The SMILES string of the molecule is CN(C)c1ccc(C(F)(F)F)cc1NC(=O)NCc1nnc2ccccn12. The lowest BCUT2D eigenvalue weighted by molar-refractivity contribution is -0.137. The minimum atomic E-state index is -4.50. The molecule has 1 aromatic carbocycles. The van der Waals surface area contributed by atoms with Crippen molar-refractivity contribution in [3.63, 3.8) is 0 Å². The van der Waals surface area contributed by atoms with E-state index in [-0.39, 0.29) is 12.2 Å². The summed E-state index contributed by atoms with van der Waals surface area (Å²) >= 11 is 0. The molecule has 7 nitrogen and oxygen atoms in total. The van der Waals surface area contributed by atoms with Gasteiger partial charge in [0.1, 0.15) is 0 Å². The van der Waals surface area contributed by atoms with Gasteiger partial charge in [0.05, 0.1) is 23.5 Å². The Morgan fingerprint density at radius 3 is 2.67 bits per heavy atom. The smallest absolute Gasteiger partial charge is 0.376 e. The summed E-state index contributed by atoms with van der Waals surface area (Å²) in [6.45, 7) is 0.0628. The molecule has 0 fully saturated rings. The van der Waals surface area contributed by atoms with Crippen LogP contribution in [0.5, 0.6) is 0 Å². The van der Waals surface area contributed by atoms with Crippen LogP contribution in [0.3, 0.4) is 0 Å². The van der Waals surface area contributed by atoms with Crippen molar-refractivity contribution in [3.05, 3.63) is 54.0 Å². The second-order valence-corrected chi connectivity index (χ2v) is 5.98. The van der Waals surface area contributed by atoms with Gasteiger partial charge in [-0.2, -0.15) is 13.2 Å². The minimum Gasteiger partial charge on any atom is -0.376 e. The molecule has 0 spiro atoms. The van der Waals surface area contributed by atoms with Crippen molar-refractivity contribution in [2.45, 2.75) is 12.7 Å². The van der Waals surface area contributed by atoms with Gasteiger partial charge in [-0.1, -0.05) is 6.07 Å². The van der Waals surface area contributed by atoms with E-state index in [9.17, 15) is 18.0 Å². The number of hydrogen-bond acceptors (Lipinski definition) is 4. The molecule has 0 saturated carbocycles. The average Bonchev–Trinajstić information content (AvgIpc) is 3.02. The number of fused-ring (bicyclic) bond motifs is 1. The fourth-order valence-corrected chi connectivity index (χ4v) is 2.54. The van der Waals surface area contributed by atoms with E-state index in [1.54, 1.807) is 41.7 Å². The molecule has 0 aliphatic heterocycles. The number of benzene rings is 1. The molecule has 10 heteroatoms. The van der Waals surface area contributed by atoms with Gasteiger partial charge in [-0.25, -0.2) is 4.79 Å². The molecule has 0 aliphatic rings. The lowest BCUT2D eigenvalue weighted by Crippen LogP contribution is -2.30. The van der Waals surface area contributed by atoms with Crippen LogP contribution in [0.15, 0.2) is 42.6 Å². The molecule has 2 amide bonds. The molecule has 0 saturated heterocycles. The first-order chi connectivity index (χ1) is 12.8. The Kier molecular flexibility index (Phi) is 4.89. The number of hydrogen-bond donors (Lipinski definition) is 2. The van der Waals surface area contributed by atoms with E-state index in [4.69, 9.17) is 0 Å². The van der Waals surface area contributed by atoms with Crippen LogP contribution >= 0.6 is 0 Å². The summed E-state index contributed by atoms with van der Waals surface area (Å²) in [7, 11) is 3.35. The highest BCUT2D eigenvalue weighted by Crippen LogP contribution is 2.34. The number of carbonyl (C=O) groups is 1. The number of nitrogens with zero attached hydrogens (tertiary/aromatic N) is 4. The van der Waals surface area contributed by atoms with Crippen LogP contribution in [0.1, 0.15) is 11.4 Å². The van der Waals surface area contributed by atoms with Crippen molar-refractivity contribution in [1.82, 2.24) is 19.9 Å². The van der Waals surface area contributed by atoms with Crippen LogP contribution in [0.2, 0.25) is 0 Å². The van der Waals surface area contributed by atoms with E-state index >= 15 is 0 Å². The number of halogens is 3. The van der Waals surface area contributed by atoms with Crippen molar-refractivity contribution < 1.29 is 18.0 Å². The summed E-state index contributed by atoms with van der Waals surface area (Å²) in [6, 6.07) is 7.91. The highest BCUT2D eigenvalue weighted by Gasteiger charge is 2.31. The van der Waals surface area contributed by atoms with Crippen molar-refractivity contribution in [2.24, 2.45) is 0 Å². The predicted molar refractivity (Wildman–Crippen MR) is 94.6 cm³/mol. The minimum absolute atomic E-state index is 0.0541. The van der Waals surface area contributed by atoms with E-state index in [1.165, 1.54) is 6.07 Å². The molecule has 142 valence electrons. The van der Waals surface area contributed by atoms with E-state index in [1.807, 2.05) is 6.07 Å². The normalized spacial score (nSPS) is 11.4. The molecular weight excluding hydrogens is 361 g/mol. The molecule has 2 heterocycles. The van der Waals surface area contributed by atoms with Crippen LogP contribution in [-0.4, -0.2) is 34.7 Å². The molecule has 0 radical (unpaired) electrons. The van der Waals surface area contributed by atoms with Gasteiger partial charge in [-0.05, 0) is 30.3 Å². The van der Waals surface area contributed by atoms with Gasteiger partial charge >= 0.3 is 12.2 Å². The second kappa shape index (κ2) is 7.14. The molecule has 2 N–H and O–H groups in total. The number of anilines is 2. The number of urea groups is 1. The van der Waals surface area contributed by atoms with E-state index in [0.717, 1.165) is 12.1 Å². The fraction of sp³-hybridized carbons (Fsp3) is 0.235. The van der Waals surface area contributed by atoms with E-state index in [2.05, 4.69) is 20.8 Å². The fourth-order valence-electron chi connectivity index (χ4n) is 2.54. The third kappa shape index (κ3) is 4.10. The standard InChI is InChI=1S/C17H17F3N6O/c1-25(2)13-7-6-11(17(18,19)20)9-12(13)22-16(27)21-10-15-24-23-14-5-3-4-8-26(14)15/h3-9H,10H2,1-2H3,(H2,21,22,27). The van der Waals surface area contributed by atoms with Gasteiger partial charge in [0.2, 0.25) is 0 Å². The van der Waals surface area contributed by atoms with Crippen LogP contribution in [0.4, 0.5) is 29.3 Å². The summed E-state index contributed by atoms with van der Waals surface area (Å²) in [4.78, 5) is 13.8. The summed E-state index contributed by atoms with van der Waals surface area (Å²) in [6.07, 6.45) is -2.75. The Morgan fingerprint density at radius 1 is 1.19 bits per heavy atom. The Morgan fingerprint density at radius 2 is 1.96 bits per heavy atom. The number of carbonyl (C=O) groups excluding carboxylic acids is 1. The van der Waals surface area contributed by atoms with E-state index in [0.29, 0.717) is 17.2 Å². The van der Waals surface area contributed by atoms with Gasteiger partial charge in [-0.15, -0.1) is 10.2 Å². The number of aromatic nitrogens is 3. The molecule has 0 aliphatic carbocycles. The summed E-state index contributed by atoms with van der Waals surface area (Å²) < 4.78 is 40.6. The van der Waals surface area contributed by atoms with Gasteiger partial charge < -0.3 is 15.5 Å². The lowest BCUT2D eigenvalue weighted by atomic mass is 10.1. The average molecular weight is 378 g/mol. The molecule has 3 aromatic rings. The topological polar surface area (TPSA) is 74.6 Å². The maximum atomic E-state index is 13.0. The third-order valence-electron chi connectivity index (χ3n) is 3.85. The van der Waals surface area contributed by atoms with Crippen LogP contribution in [0, 0.1) is 0 Å². The van der Waals surface area contributed by atoms with Crippen LogP contribution < -0.4 is 15.5 Å². The Labute approximate surface area is 152 Å². The zero-order valence-corrected chi connectivity index (χ0v) is 14.6. The molecule has 0 bridgehead atoms. The Hall–Kier alpha value is -3.30. The first-order valence-corrected chi connectivity index (χ1v) is 7.98. The second-order valence-electron chi connectivity index (χ2n) is 5.98.